The first-order chi connectivity index (χ1) is 12.0. The Hall–Kier alpha value is -2.59. The number of anilines is 1. The van der Waals surface area contributed by atoms with Crippen LogP contribution in [-0.2, 0) is 6.42 Å². The van der Waals surface area contributed by atoms with Gasteiger partial charge in [0, 0.05) is 10.7 Å². The molecular weight excluding hydrogens is 334 g/mol. The van der Waals surface area contributed by atoms with Crippen molar-refractivity contribution in [3.63, 3.8) is 0 Å². The summed E-state index contributed by atoms with van der Waals surface area (Å²) in [6, 6.07) is 13.5. The third kappa shape index (κ3) is 3.59. The van der Waals surface area contributed by atoms with Crippen LogP contribution in [-0.4, -0.2) is 15.7 Å². The van der Waals surface area contributed by atoms with Gasteiger partial charge in [-0.05, 0) is 50.1 Å². The van der Waals surface area contributed by atoms with Crippen LogP contribution in [0, 0.1) is 13.8 Å². The number of carbonyl (C=O) groups excluding carboxylic acids is 1. The Kier molecular flexibility index (Phi) is 4.91. The van der Waals surface area contributed by atoms with E-state index in [4.69, 9.17) is 11.6 Å². The number of halogens is 1. The average Bonchev–Trinajstić information content (AvgIpc) is 3.03. The molecular formula is C20H20ClN3O. The zero-order valence-electron chi connectivity index (χ0n) is 14.5. The number of amides is 1. The predicted molar refractivity (Wildman–Crippen MR) is 102 cm³/mol. The van der Waals surface area contributed by atoms with Gasteiger partial charge in [0.2, 0.25) is 0 Å². The van der Waals surface area contributed by atoms with Crippen LogP contribution in [0.4, 0.5) is 5.69 Å². The van der Waals surface area contributed by atoms with Gasteiger partial charge in [0.15, 0.2) is 0 Å². The Labute approximate surface area is 152 Å². The van der Waals surface area contributed by atoms with Crippen molar-refractivity contribution < 1.29 is 4.79 Å². The summed E-state index contributed by atoms with van der Waals surface area (Å²) in [4.78, 5) is 12.7. The molecule has 0 saturated carbocycles. The lowest BCUT2D eigenvalue weighted by Crippen LogP contribution is -2.15. The number of aryl methyl sites for hydroxylation is 2. The number of hydrogen-bond acceptors (Lipinski definition) is 2. The van der Waals surface area contributed by atoms with Crippen molar-refractivity contribution in [1.82, 2.24) is 9.78 Å². The molecule has 2 aromatic carbocycles. The van der Waals surface area contributed by atoms with Crippen molar-refractivity contribution in [3.05, 3.63) is 76.1 Å². The van der Waals surface area contributed by atoms with Crippen LogP contribution in [0.2, 0.25) is 5.02 Å². The number of rotatable bonds is 4. The third-order valence-electron chi connectivity index (χ3n) is 4.17. The molecule has 4 nitrogen and oxygen atoms in total. The number of hydrogen-bond donors (Lipinski definition) is 1. The SMILES string of the molecule is CCc1c(C(=O)Nc2cc(Cl)ccc2C)cnn1-c1ccc(C)cc1. The summed E-state index contributed by atoms with van der Waals surface area (Å²) in [5.41, 5.74) is 5.25. The van der Waals surface area contributed by atoms with Gasteiger partial charge in [-0.2, -0.15) is 5.10 Å². The lowest BCUT2D eigenvalue weighted by atomic mass is 10.1. The highest BCUT2D eigenvalue weighted by Gasteiger charge is 2.18. The molecule has 0 bridgehead atoms. The molecule has 1 aromatic heterocycles. The number of nitrogens with zero attached hydrogens (tertiary/aromatic N) is 2. The standard InChI is InChI=1S/C20H20ClN3O/c1-4-19-17(12-22-24(19)16-9-5-13(2)6-10-16)20(25)23-18-11-15(21)8-7-14(18)3/h5-12H,4H2,1-3H3,(H,23,25). The van der Waals surface area contributed by atoms with E-state index in [2.05, 4.69) is 10.4 Å². The van der Waals surface area contributed by atoms with Crippen molar-refractivity contribution in [1.29, 1.82) is 0 Å². The molecule has 5 heteroatoms. The van der Waals surface area contributed by atoms with Gasteiger partial charge in [-0.15, -0.1) is 0 Å². The highest BCUT2D eigenvalue weighted by atomic mass is 35.5. The molecule has 1 amide bonds. The molecule has 0 aliphatic heterocycles. The van der Waals surface area contributed by atoms with Crippen LogP contribution in [0.25, 0.3) is 5.69 Å². The van der Waals surface area contributed by atoms with Crippen LogP contribution >= 0.6 is 11.6 Å². The maximum absolute atomic E-state index is 12.7. The minimum absolute atomic E-state index is 0.180. The fourth-order valence-electron chi connectivity index (χ4n) is 2.73. The molecule has 0 atom stereocenters. The first-order valence-electron chi connectivity index (χ1n) is 8.21. The van der Waals surface area contributed by atoms with Gasteiger partial charge in [-0.25, -0.2) is 4.68 Å². The smallest absolute Gasteiger partial charge is 0.259 e. The Morgan fingerprint density at radius 1 is 1.16 bits per heavy atom. The van der Waals surface area contributed by atoms with E-state index >= 15 is 0 Å². The molecule has 1 heterocycles. The van der Waals surface area contributed by atoms with E-state index < -0.39 is 0 Å². The summed E-state index contributed by atoms with van der Waals surface area (Å²) in [5, 5.41) is 7.95. The summed E-state index contributed by atoms with van der Waals surface area (Å²) in [6.45, 7) is 5.99. The highest BCUT2D eigenvalue weighted by Crippen LogP contribution is 2.22. The molecule has 25 heavy (non-hydrogen) atoms. The fourth-order valence-corrected chi connectivity index (χ4v) is 2.90. The molecule has 0 radical (unpaired) electrons. The summed E-state index contributed by atoms with van der Waals surface area (Å²) in [7, 11) is 0. The molecule has 3 rings (SSSR count). The second-order valence-electron chi connectivity index (χ2n) is 6.02. The monoisotopic (exact) mass is 353 g/mol. The zero-order chi connectivity index (χ0) is 18.0. The number of benzene rings is 2. The third-order valence-corrected chi connectivity index (χ3v) is 4.41. The number of nitrogens with one attached hydrogen (secondary N) is 1. The lowest BCUT2D eigenvalue weighted by molar-refractivity contribution is 0.102. The minimum atomic E-state index is -0.180. The van der Waals surface area contributed by atoms with Gasteiger partial charge in [0.25, 0.3) is 5.91 Å². The summed E-state index contributed by atoms with van der Waals surface area (Å²) in [6.07, 6.45) is 2.32. The Bertz CT molecular complexity index is 913. The summed E-state index contributed by atoms with van der Waals surface area (Å²) < 4.78 is 1.82. The maximum Gasteiger partial charge on any atom is 0.259 e. The number of aromatic nitrogens is 2. The predicted octanol–water partition coefficient (Wildman–Crippen LogP) is 4.96. The lowest BCUT2D eigenvalue weighted by Gasteiger charge is -2.10. The van der Waals surface area contributed by atoms with Crippen LogP contribution in [0.1, 0.15) is 34.1 Å². The van der Waals surface area contributed by atoms with Gasteiger partial charge in [0.1, 0.15) is 0 Å². The first kappa shape index (κ1) is 17.2. The van der Waals surface area contributed by atoms with Gasteiger partial charge < -0.3 is 5.32 Å². The van der Waals surface area contributed by atoms with E-state index in [0.29, 0.717) is 22.7 Å². The largest absolute Gasteiger partial charge is 0.322 e. The molecule has 0 aliphatic carbocycles. The van der Waals surface area contributed by atoms with Crippen molar-refractivity contribution in [2.75, 3.05) is 5.32 Å². The molecule has 0 spiro atoms. The van der Waals surface area contributed by atoms with E-state index in [0.717, 1.165) is 16.9 Å². The van der Waals surface area contributed by atoms with Gasteiger partial charge in [-0.1, -0.05) is 42.3 Å². The zero-order valence-corrected chi connectivity index (χ0v) is 15.3. The van der Waals surface area contributed by atoms with Crippen molar-refractivity contribution in [2.24, 2.45) is 0 Å². The number of carbonyl (C=O) groups is 1. The topological polar surface area (TPSA) is 46.9 Å². The van der Waals surface area contributed by atoms with Crippen LogP contribution in [0.3, 0.4) is 0 Å². The van der Waals surface area contributed by atoms with Crippen molar-refractivity contribution in [3.8, 4) is 5.69 Å². The highest BCUT2D eigenvalue weighted by molar-refractivity contribution is 6.31. The molecule has 0 aliphatic rings. The van der Waals surface area contributed by atoms with Gasteiger partial charge >= 0.3 is 0 Å². The molecule has 0 saturated heterocycles. The fraction of sp³-hybridized carbons (Fsp3) is 0.200. The van der Waals surface area contributed by atoms with Crippen molar-refractivity contribution >= 4 is 23.2 Å². The average molecular weight is 354 g/mol. The molecule has 1 N–H and O–H groups in total. The van der Waals surface area contributed by atoms with Gasteiger partial charge in [-0.3, -0.25) is 4.79 Å². The van der Waals surface area contributed by atoms with E-state index in [9.17, 15) is 4.79 Å². The molecule has 3 aromatic rings. The van der Waals surface area contributed by atoms with Crippen molar-refractivity contribution in [2.45, 2.75) is 27.2 Å². The quantitative estimate of drug-likeness (QED) is 0.720. The molecule has 128 valence electrons. The molecule has 0 unspecified atom stereocenters. The van der Waals surface area contributed by atoms with E-state index in [1.807, 2.05) is 55.8 Å². The Balaban J connectivity index is 1.93. The van der Waals surface area contributed by atoms with Crippen LogP contribution in [0.5, 0.6) is 0 Å². The summed E-state index contributed by atoms with van der Waals surface area (Å²) >= 11 is 6.03. The van der Waals surface area contributed by atoms with Crippen LogP contribution < -0.4 is 5.32 Å². The second-order valence-corrected chi connectivity index (χ2v) is 6.46. The minimum Gasteiger partial charge on any atom is -0.322 e. The van der Waals surface area contributed by atoms with E-state index in [1.165, 1.54) is 5.56 Å². The normalized spacial score (nSPS) is 10.7. The van der Waals surface area contributed by atoms with E-state index in [1.54, 1.807) is 18.3 Å². The maximum atomic E-state index is 12.7. The van der Waals surface area contributed by atoms with Gasteiger partial charge in [0.05, 0.1) is 23.1 Å². The first-order valence-corrected chi connectivity index (χ1v) is 8.59. The Morgan fingerprint density at radius 2 is 1.88 bits per heavy atom. The summed E-state index contributed by atoms with van der Waals surface area (Å²) in [5.74, 6) is -0.180. The van der Waals surface area contributed by atoms with E-state index in [-0.39, 0.29) is 5.91 Å². The van der Waals surface area contributed by atoms with Crippen LogP contribution in [0.15, 0.2) is 48.7 Å². The second kappa shape index (κ2) is 7.11. The molecule has 0 fully saturated rings. The Morgan fingerprint density at radius 3 is 2.56 bits per heavy atom.